The number of carbonyl (C=O) groups is 1. The molecule has 0 unspecified atom stereocenters. The average Bonchev–Trinajstić information content (AvgIpc) is 2.62. The van der Waals surface area contributed by atoms with E-state index in [4.69, 9.17) is 4.74 Å². The van der Waals surface area contributed by atoms with Gasteiger partial charge in [-0.3, -0.25) is 4.79 Å². The van der Waals surface area contributed by atoms with E-state index in [1.807, 2.05) is 24.3 Å². The maximum Gasteiger partial charge on any atom is 0.253 e. The summed E-state index contributed by atoms with van der Waals surface area (Å²) >= 11 is 0. The molecular formula is C18H19NO4S. The molecule has 126 valence electrons. The Balaban J connectivity index is 1.90. The van der Waals surface area contributed by atoms with E-state index in [9.17, 15) is 13.2 Å². The van der Waals surface area contributed by atoms with Gasteiger partial charge in [-0.15, -0.1) is 0 Å². The molecule has 0 aromatic heterocycles. The minimum atomic E-state index is -3.46. The molecule has 1 amide bonds. The normalized spacial score (nSPS) is 16.8. The van der Waals surface area contributed by atoms with Crippen molar-refractivity contribution in [1.82, 2.24) is 5.32 Å². The van der Waals surface area contributed by atoms with Gasteiger partial charge < -0.3 is 10.1 Å². The third kappa shape index (κ3) is 3.14. The highest BCUT2D eigenvalue weighted by Gasteiger charge is 2.26. The lowest BCUT2D eigenvalue weighted by Gasteiger charge is -2.26. The molecule has 24 heavy (non-hydrogen) atoms. The topological polar surface area (TPSA) is 72.5 Å². The highest BCUT2D eigenvalue weighted by molar-refractivity contribution is 7.91. The van der Waals surface area contributed by atoms with Crippen LogP contribution in [-0.4, -0.2) is 26.7 Å². The Morgan fingerprint density at radius 2 is 1.88 bits per heavy atom. The second kappa shape index (κ2) is 6.65. The number of ether oxygens (including phenoxy) is 1. The average molecular weight is 345 g/mol. The fourth-order valence-corrected chi connectivity index (χ4v) is 3.90. The second-order valence-corrected chi connectivity index (χ2v) is 7.85. The first-order valence-electron chi connectivity index (χ1n) is 7.87. The van der Waals surface area contributed by atoms with Crippen molar-refractivity contribution < 1.29 is 17.9 Å². The van der Waals surface area contributed by atoms with Gasteiger partial charge in [-0.1, -0.05) is 37.3 Å². The van der Waals surface area contributed by atoms with Crippen LogP contribution in [0.15, 0.2) is 53.4 Å². The molecule has 0 fully saturated rings. The molecule has 0 saturated carbocycles. The number of hydrogen-bond donors (Lipinski definition) is 1. The molecular weight excluding hydrogens is 326 g/mol. The largest absolute Gasteiger partial charge is 0.493 e. The van der Waals surface area contributed by atoms with Gasteiger partial charge >= 0.3 is 0 Å². The third-order valence-corrected chi connectivity index (χ3v) is 5.90. The standard InChI is InChI=1S/C18H19NO4S/c1-2-24(21,22)17-10-6-4-8-14(17)18(20)19-15-11-12-23-16-9-5-3-7-13(15)16/h3-10,15H,2,11-12H2,1H3,(H,19,20)/t15-/m1/s1. The summed E-state index contributed by atoms with van der Waals surface area (Å²) in [5.41, 5.74) is 1.09. The molecule has 0 radical (unpaired) electrons. The van der Waals surface area contributed by atoms with Gasteiger partial charge in [-0.05, 0) is 18.2 Å². The van der Waals surface area contributed by atoms with Gasteiger partial charge in [-0.2, -0.15) is 0 Å². The number of benzene rings is 2. The van der Waals surface area contributed by atoms with Crippen LogP contribution in [-0.2, 0) is 9.84 Å². The first-order valence-corrected chi connectivity index (χ1v) is 9.52. The number of para-hydroxylation sites is 1. The molecule has 1 aliphatic heterocycles. The number of hydrogen-bond acceptors (Lipinski definition) is 4. The Hall–Kier alpha value is -2.34. The monoisotopic (exact) mass is 345 g/mol. The van der Waals surface area contributed by atoms with Crippen LogP contribution in [0.25, 0.3) is 0 Å². The van der Waals surface area contributed by atoms with Crippen molar-refractivity contribution in [3.63, 3.8) is 0 Å². The van der Waals surface area contributed by atoms with Gasteiger partial charge in [0, 0.05) is 12.0 Å². The fraction of sp³-hybridized carbons (Fsp3) is 0.278. The molecule has 0 spiro atoms. The van der Waals surface area contributed by atoms with Crippen molar-refractivity contribution in [2.24, 2.45) is 0 Å². The Kier molecular flexibility index (Phi) is 4.57. The van der Waals surface area contributed by atoms with E-state index < -0.39 is 9.84 Å². The van der Waals surface area contributed by atoms with Gasteiger partial charge in [0.25, 0.3) is 5.91 Å². The van der Waals surface area contributed by atoms with Gasteiger partial charge in [-0.25, -0.2) is 8.42 Å². The molecule has 1 atom stereocenters. The van der Waals surface area contributed by atoms with Crippen LogP contribution in [0.1, 0.15) is 35.3 Å². The van der Waals surface area contributed by atoms with Crippen molar-refractivity contribution in [2.75, 3.05) is 12.4 Å². The zero-order chi connectivity index (χ0) is 17.2. The Morgan fingerprint density at radius 3 is 2.67 bits per heavy atom. The van der Waals surface area contributed by atoms with Crippen molar-refractivity contribution >= 4 is 15.7 Å². The van der Waals surface area contributed by atoms with Gasteiger partial charge in [0.1, 0.15) is 5.75 Å². The second-order valence-electron chi connectivity index (χ2n) is 5.60. The zero-order valence-electron chi connectivity index (χ0n) is 13.4. The lowest BCUT2D eigenvalue weighted by atomic mass is 10.00. The Labute approximate surface area is 141 Å². The van der Waals surface area contributed by atoms with E-state index >= 15 is 0 Å². The quantitative estimate of drug-likeness (QED) is 0.925. The van der Waals surface area contributed by atoms with Crippen LogP contribution < -0.4 is 10.1 Å². The summed E-state index contributed by atoms with van der Waals surface area (Å²) in [6.07, 6.45) is 0.644. The van der Waals surface area contributed by atoms with Crippen LogP contribution in [0, 0.1) is 0 Å². The molecule has 3 rings (SSSR count). The molecule has 1 heterocycles. The van der Waals surface area contributed by atoms with Crippen molar-refractivity contribution in [1.29, 1.82) is 0 Å². The van der Waals surface area contributed by atoms with E-state index in [-0.39, 0.29) is 28.2 Å². The molecule has 5 nitrogen and oxygen atoms in total. The van der Waals surface area contributed by atoms with E-state index in [0.717, 1.165) is 11.3 Å². The molecule has 0 aliphatic carbocycles. The van der Waals surface area contributed by atoms with Gasteiger partial charge in [0.2, 0.25) is 0 Å². The predicted molar refractivity (Wildman–Crippen MR) is 90.9 cm³/mol. The number of fused-ring (bicyclic) bond motifs is 1. The van der Waals surface area contributed by atoms with Crippen molar-refractivity contribution in [2.45, 2.75) is 24.3 Å². The number of rotatable bonds is 4. The summed E-state index contributed by atoms with van der Waals surface area (Å²) in [6, 6.07) is 13.7. The maximum absolute atomic E-state index is 12.7. The molecule has 1 aliphatic rings. The lowest BCUT2D eigenvalue weighted by molar-refractivity contribution is 0.0921. The molecule has 6 heteroatoms. The van der Waals surface area contributed by atoms with Crippen molar-refractivity contribution in [3.8, 4) is 5.75 Å². The van der Waals surface area contributed by atoms with E-state index in [1.54, 1.807) is 25.1 Å². The van der Waals surface area contributed by atoms with Gasteiger partial charge in [0.15, 0.2) is 9.84 Å². The third-order valence-electron chi connectivity index (χ3n) is 4.11. The van der Waals surface area contributed by atoms with E-state index in [2.05, 4.69) is 5.32 Å². The molecule has 2 aromatic carbocycles. The Morgan fingerprint density at radius 1 is 1.17 bits per heavy atom. The predicted octanol–water partition coefficient (Wildman–Crippen LogP) is 2.73. The molecule has 1 N–H and O–H groups in total. The number of sulfone groups is 1. The van der Waals surface area contributed by atoms with Crippen LogP contribution in [0.5, 0.6) is 5.75 Å². The number of nitrogens with one attached hydrogen (secondary N) is 1. The SMILES string of the molecule is CCS(=O)(=O)c1ccccc1C(=O)N[C@@H]1CCOc2ccccc21. The van der Waals surface area contributed by atoms with Crippen molar-refractivity contribution in [3.05, 3.63) is 59.7 Å². The summed E-state index contributed by atoms with van der Waals surface area (Å²) in [5.74, 6) is 0.324. The Bertz CT molecular complexity index is 861. The highest BCUT2D eigenvalue weighted by atomic mass is 32.2. The first kappa shape index (κ1) is 16.5. The fourth-order valence-electron chi connectivity index (χ4n) is 2.81. The van der Waals surface area contributed by atoms with E-state index in [0.29, 0.717) is 13.0 Å². The lowest BCUT2D eigenvalue weighted by Crippen LogP contribution is -2.33. The summed E-state index contributed by atoms with van der Waals surface area (Å²) in [4.78, 5) is 12.8. The summed E-state index contributed by atoms with van der Waals surface area (Å²) in [5, 5.41) is 2.94. The minimum absolute atomic E-state index is 0.0443. The van der Waals surface area contributed by atoms with Crippen LogP contribution >= 0.6 is 0 Å². The maximum atomic E-state index is 12.7. The highest BCUT2D eigenvalue weighted by Crippen LogP contribution is 2.32. The number of amides is 1. The molecule has 0 saturated heterocycles. The van der Waals surface area contributed by atoms with Crippen LogP contribution in [0.2, 0.25) is 0 Å². The molecule has 2 aromatic rings. The smallest absolute Gasteiger partial charge is 0.253 e. The first-order chi connectivity index (χ1) is 11.5. The summed E-state index contributed by atoms with van der Waals surface area (Å²) < 4.78 is 30.0. The zero-order valence-corrected chi connectivity index (χ0v) is 14.2. The molecule has 0 bridgehead atoms. The van der Waals surface area contributed by atoms with E-state index in [1.165, 1.54) is 6.07 Å². The van der Waals surface area contributed by atoms with Crippen LogP contribution in [0.4, 0.5) is 0 Å². The summed E-state index contributed by atoms with van der Waals surface area (Å²) in [6.45, 7) is 2.08. The number of carbonyl (C=O) groups excluding carboxylic acids is 1. The summed E-state index contributed by atoms with van der Waals surface area (Å²) in [7, 11) is -3.46. The minimum Gasteiger partial charge on any atom is -0.493 e. The van der Waals surface area contributed by atoms with Crippen LogP contribution in [0.3, 0.4) is 0 Å². The van der Waals surface area contributed by atoms with Gasteiger partial charge in [0.05, 0.1) is 28.9 Å².